The van der Waals surface area contributed by atoms with Gasteiger partial charge in [0.05, 0.1) is 12.6 Å². The number of hydrogen-bond donors (Lipinski definition) is 1. The van der Waals surface area contributed by atoms with Crippen LogP contribution in [0.4, 0.5) is 0 Å². The monoisotopic (exact) mass is 338 g/mol. The van der Waals surface area contributed by atoms with Crippen molar-refractivity contribution in [3.05, 3.63) is 71.3 Å². The molecule has 4 heteroatoms. The van der Waals surface area contributed by atoms with Crippen molar-refractivity contribution in [2.24, 2.45) is 0 Å². The van der Waals surface area contributed by atoms with E-state index in [9.17, 15) is 4.79 Å². The van der Waals surface area contributed by atoms with Crippen molar-refractivity contribution in [3.8, 4) is 0 Å². The van der Waals surface area contributed by atoms with Crippen LogP contribution in [0.15, 0.2) is 54.6 Å². The first kappa shape index (κ1) is 17.6. The number of ether oxygens (including phenoxy) is 1. The second-order valence-corrected chi connectivity index (χ2v) is 6.38. The van der Waals surface area contributed by atoms with Crippen LogP contribution in [-0.4, -0.2) is 37.0 Å². The lowest BCUT2D eigenvalue weighted by Gasteiger charge is -2.36. The molecule has 1 heterocycles. The number of benzene rings is 2. The Balaban J connectivity index is 1.60. The molecular formula is C21H26N2O2. The lowest BCUT2D eigenvalue weighted by Crippen LogP contribution is -2.49. The zero-order valence-electron chi connectivity index (χ0n) is 14.8. The van der Waals surface area contributed by atoms with E-state index in [-0.39, 0.29) is 18.6 Å². The molecule has 1 aliphatic heterocycles. The molecule has 25 heavy (non-hydrogen) atoms. The number of nitrogens with one attached hydrogen (secondary N) is 1. The fourth-order valence-electron chi connectivity index (χ4n) is 3.19. The molecule has 1 fully saturated rings. The van der Waals surface area contributed by atoms with Gasteiger partial charge < -0.3 is 15.0 Å². The van der Waals surface area contributed by atoms with Crippen molar-refractivity contribution in [3.63, 3.8) is 0 Å². The second kappa shape index (κ2) is 8.79. The Kier molecular flexibility index (Phi) is 6.20. The molecule has 0 saturated carbocycles. The molecule has 3 rings (SSSR count). The Hall–Kier alpha value is -2.17. The minimum absolute atomic E-state index is 0.0574. The average molecular weight is 338 g/mol. The number of rotatable bonds is 6. The molecule has 1 unspecified atom stereocenters. The van der Waals surface area contributed by atoms with E-state index >= 15 is 0 Å². The summed E-state index contributed by atoms with van der Waals surface area (Å²) in [4.78, 5) is 14.6. The molecule has 2 aromatic carbocycles. The van der Waals surface area contributed by atoms with Crippen molar-refractivity contribution in [1.29, 1.82) is 0 Å². The Morgan fingerprint density at radius 1 is 1.12 bits per heavy atom. The van der Waals surface area contributed by atoms with E-state index in [4.69, 9.17) is 4.74 Å². The SMILES string of the molecule is CCc1ccc(C2CNCCN2C(=O)COCc2ccccc2)cc1. The number of piperazine rings is 1. The summed E-state index contributed by atoms with van der Waals surface area (Å²) in [6.07, 6.45) is 1.03. The van der Waals surface area contributed by atoms with Crippen LogP contribution in [0.2, 0.25) is 0 Å². The zero-order chi connectivity index (χ0) is 17.5. The van der Waals surface area contributed by atoms with Gasteiger partial charge in [-0.25, -0.2) is 0 Å². The molecule has 1 saturated heterocycles. The molecule has 1 amide bonds. The van der Waals surface area contributed by atoms with Gasteiger partial charge in [0.2, 0.25) is 5.91 Å². The highest BCUT2D eigenvalue weighted by Gasteiger charge is 2.27. The molecule has 1 aliphatic rings. The first-order valence-corrected chi connectivity index (χ1v) is 8.98. The van der Waals surface area contributed by atoms with Crippen molar-refractivity contribution in [1.82, 2.24) is 10.2 Å². The maximum atomic E-state index is 12.7. The number of hydrogen-bond acceptors (Lipinski definition) is 3. The largest absolute Gasteiger partial charge is 0.367 e. The predicted molar refractivity (Wildman–Crippen MR) is 99.2 cm³/mol. The van der Waals surface area contributed by atoms with E-state index in [1.54, 1.807) is 0 Å². The van der Waals surface area contributed by atoms with Crippen LogP contribution in [0.3, 0.4) is 0 Å². The zero-order valence-corrected chi connectivity index (χ0v) is 14.8. The highest BCUT2D eigenvalue weighted by Crippen LogP contribution is 2.23. The molecule has 0 aliphatic carbocycles. The maximum Gasteiger partial charge on any atom is 0.249 e. The molecule has 4 nitrogen and oxygen atoms in total. The molecule has 132 valence electrons. The fraction of sp³-hybridized carbons (Fsp3) is 0.381. The third-order valence-corrected chi connectivity index (χ3v) is 4.67. The van der Waals surface area contributed by atoms with Crippen LogP contribution in [-0.2, 0) is 22.6 Å². The fourth-order valence-corrected chi connectivity index (χ4v) is 3.19. The summed E-state index contributed by atoms with van der Waals surface area (Å²) in [5.74, 6) is 0.0574. The summed E-state index contributed by atoms with van der Waals surface area (Å²) in [6, 6.07) is 18.6. The van der Waals surface area contributed by atoms with Crippen LogP contribution in [0.25, 0.3) is 0 Å². The van der Waals surface area contributed by atoms with Gasteiger partial charge in [-0.15, -0.1) is 0 Å². The highest BCUT2D eigenvalue weighted by atomic mass is 16.5. The van der Waals surface area contributed by atoms with Crippen LogP contribution in [0.1, 0.15) is 29.7 Å². The van der Waals surface area contributed by atoms with Gasteiger partial charge in [0.25, 0.3) is 0 Å². The van der Waals surface area contributed by atoms with E-state index < -0.39 is 0 Å². The quantitative estimate of drug-likeness (QED) is 0.880. The average Bonchev–Trinajstić information content (AvgIpc) is 2.69. The summed E-state index contributed by atoms with van der Waals surface area (Å²) >= 11 is 0. The van der Waals surface area contributed by atoms with E-state index in [1.165, 1.54) is 11.1 Å². The van der Waals surface area contributed by atoms with E-state index in [2.05, 4.69) is 36.5 Å². The van der Waals surface area contributed by atoms with Gasteiger partial charge in [-0.1, -0.05) is 61.5 Å². The topological polar surface area (TPSA) is 41.6 Å². The Bertz CT molecular complexity index is 670. The van der Waals surface area contributed by atoms with Gasteiger partial charge in [0, 0.05) is 19.6 Å². The van der Waals surface area contributed by atoms with Gasteiger partial charge in [-0.2, -0.15) is 0 Å². The lowest BCUT2D eigenvalue weighted by molar-refractivity contribution is -0.140. The first-order valence-electron chi connectivity index (χ1n) is 8.98. The number of carbonyl (C=O) groups excluding carboxylic acids is 1. The van der Waals surface area contributed by atoms with Crippen LogP contribution in [0.5, 0.6) is 0 Å². The molecule has 0 spiro atoms. The third-order valence-electron chi connectivity index (χ3n) is 4.67. The van der Waals surface area contributed by atoms with E-state index in [0.717, 1.165) is 25.1 Å². The number of amides is 1. The van der Waals surface area contributed by atoms with Gasteiger partial charge >= 0.3 is 0 Å². The molecular weight excluding hydrogens is 312 g/mol. The summed E-state index contributed by atoms with van der Waals surface area (Å²) in [5.41, 5.74) is 3.58. The van der Waals surface area contributed by atoms with Crippen molar-refractivity contribution >= 4 is 5.91 Å². The van der Waals surface area contributed by atoms with Crippen molar-refractivity contribution in [2.45, 2.75) is 26.0 Å². The molecule has 0 radical (unpaired) electrons. The smallest absolute Gasteiger partial charge is 0.249 e. The normalized spacial score (nSPS) is 17.5. The Morgan fingerprint density at radius 3 is 2.60 bits per heavy atom. The van der Waals surface area contributed by atoms with Gasteiger partial charge in [-0.05, 0) is 23.1 Å². The van der Waals surface area contributed by atoms with E-state index in [1.807, 2.05) is 35.2 Å². The number of nitrogens with zero attached hydrogens (tertiary/aromatic N) is 1. The predicted octanol–water partition coefficient (Wildman–Crippen LogP) is 2.94. The van der Waals surface area contributed by atoms with Crippen molar-refractivity contribution in [2.75, 3.05) is 26.2 Å². The molecule has 1 atom stereocenters. The van der Waals surface area contributed by atoms with Gasteiger partial charge in [-0.3, -0.25) is 4.79 Å². The molecule has 1 N–H and O–H groups in total. The molecule has 0 aromatic heterocycles. The maximum absolute atomic E-state index is 12.7. The van der Waals surface area contributed by atoms with Crippen LogP contribution >= 0.6 is 0 Å². The summed E-state index contributed by atoms with van der Waals surface area (Å²) in [7, 11) is 0. The van der Waals surface area contributed by atoms with E-state index in [0.29, 0.717) is 13.2 Å². The molecule has 2 aromatic rings. The summed E-state index contributed by atoms with van der Waals surface area (Å²) in [6.45, 7) is 5.07. The van der Waals surface area contributed by atoms with Crippen molar-refractivity contribution < 1.29 is 9.53 Å². The molecule has 0 bridgehead atoms. The van der Waals surface area contributed by atoms with Crippen LogP contribution in [0, 0.1) is 0 Å². The number of aryl methyl sites for hydroxylation is 1. The standard InChI is InChI=1S/C21H26N2O2/c1-2-17-8-10-19(11-9-17)20-14-22-12-13-23(20)21(24)16-25-15-18-6-4-3-5-7-18/h3-11,20,22H,2,12-16H2,1H3. The lowest BCUT2D eigenvalue weighted by atomic mass is 10.0. The Morgan fingerprint density at radius 2 is 1.88 bits per heavy atom. The van der Waals surface area contributed by atoms with Crippen LogP contribution < -0.4 is 5.32 Å². The number of carbonyl (C=O) groups is 1. The minimum Gasteiger partial charge on any atom is -0.367 e. The second-order valence-electron chi connectivity index (χ2n) is 6.38. The third kappa shape index (κ3) is 4.68. The minimum atomic E-state index is 0.0574. The van der Waals surface area contributed by atoms with Gasteiger partial charge in [0.15, 0.2) is 0 Å². The highest BCUT2D eigenvalue weighted by molar-refractivity contribution is 5.78. The van der Waals surface area contributed by atoms with Gasteiger partial charge in [0.1, 0.15) is 6.61 Å². The first-order chi connectivity index (χ1) is 12.3. The summed E-state index contributed by atoms with van der Waals surface area (Å²) < 4.78 is 5.64. The summed E-state index contributed by atoms with van der Waals surface area (Å²) in [5, 5.41) is 3.39. The Labute approximate surface area is 149 Å².